The minimum atomic E-state index is -0.275. The zero-order valence-corrected chi connectivity index (χ0v) is 15.6. The van der Waals surface area contributed by atoms with Crippen LogP contribution >= 0.6 is 11.6 Å². The molecule has 2 aromatic carbocycles. The average Bonchev–Trinajstić information content (AvgIpc) is 2.94. The molecule has 4 rings (SSSR count). The lowest BCUT2D eigenvalue weighted by Crippen LogP contribution is -2.50. The molecule has 4 nitrogen and oxygen atoms in total. The molecule has 0 spiro atoms. The summed E-state index contributed by atoms with van der Waals surface area (Å²) >= 11 is 5.86. The van der Waals surface area contributed by atoms with E-state index in [1.807, 2.05) is 4.90 Å². The topological polar surface area (TPSA) is 38.8 Å². The quantitative estimate of drug-likeness (QED) is 0.757. The predicted molar refractivity (Wildman–Crippen MR) is 101 cm³/mol. The van der Waals surface area contributed by atoms with E-state index in [9.17, 15) is 9.18 Å². The maximum Gasteiger partial charge on any atom is 0.261 e. The zero-order valence-electron chi connectivity index (χ0n) is 14.8. The number of rotatable bonds is 5. The normalized spacial score (nSPS) is 23.9. The Kier molecular flexibility index (Phi) is 5.21. The standard InChI is InChI=1S/C21H21ClFNO3/c22-14-1-7-18(8-2-14)26-13-21(25)24-16-5-6-17(24)12-20(11-16)27-19-9-3-15(23)4-10-19/h1-4,7-10,16-17,20H,5-6,11-13H2. The highest BCUT2D eigenvalue weighted by molar-refractivity contribution is 6.30. The molecule has 2 saturated heterocycles. The van der Waals surface area contributed by atoms with Gasteiger partial charge in [-0.25, -0.2) is 4.39 Å². The van der Waals surface area contributed by atoms with Crippen LogP contribution in [0.15, 0.2) is 48.5 Å². The van der Waals surface area contributed by atoms with Gasteiger partial charge in [-0.05, 0) is 61.4 Å². The van der Waals surface area contributed by atoms with Crippen LogP contribution in [0.5, 0.6) is 11.5 Å². The Morgan fingerprint density at radius 1 is 1.00 bits per heavy atom. The first-order valence-corrected chi connectivity index (χ1v) is 9.58. The van der Waals surface area contributed by atoms with E-state index in [-0.39, 0.29) is 36.5 Å². The summed E-state index contributed by atoms with van der Waals surface area (Å²) in [5.41, 5.74) is 0. The Balaban J connectivity index is 1.33. The van der Waals surface area contributed by atoms with E-state index in [0.29, 0.717) is 16.5 Å². The Morgan fingerprint density at radius 2 is 1.59 bits per heavy atom. The summed E-state index contributed by atoms with van der Waals surface area (Å²) < 4.78 is 24.7. The first-order chi connectivity index (χ1) is 13.1. The molecular formula is C21H21ClFNO3. The van der Waals surface area contributed by atoms with E-state index in [1.54, 1.807) is 36.4 Å². The van der Waals surface area contributed by atoms with Gasteiger partial charge in [0.15, 0.2) is 6.61 Å². The van der Waals surface area contributed by atoms with Crippen molar-refractivity contribution in [2.24, 2.45) is 0 Å². The average molecular weight is 390 g/mol. The van der Waals surface area contributed by atoms with Crippen LogP contribution in [-0.4, -0.2) is 35.6 Å². The molecule has 2 fully saturated rings. The van der Waals surface area contributed by atoms with Crippen LogP contribution < -0.4 is 9.47 Å². The van der Waals surface area contributed by atoms with Crippen molar-refractivity contribution >= 4 is 17.5 Å². The largest absolute Gasteiger partial charge is 0.490 e. The highest BCUT2D eigenvalue weighted by Crippen LogP contribution is 2.37. The number of hydrogen-bond acceptors (Lipinski definition) is 3. The van der Waals surface area contributed by atoms with Crippen LogP contribution in [0.3, 0.4) is 0 Å². The molecule has 2 heterocycles. The molecule has 2 unspecified atom stereocenters. The van der Waals surface area contributed by atoms with Crippen LogP contribution in [0.1, 0.15) is 25.7 Å². The van der Waals surface area contributed by atoms with Gasteiger partial charge in [0.25, 0.3) is 5.91 Å². The molecule has 0 aliphatic carbocycles. The minimum Gasteiger partial charge on any atom is -0.490 e. The van der Waals surface area contributed by atoms with Crippen molar-refractivity contribution in [2.45, 2.75) is 43.9 Å². The molecule has 2 atom stereocenters. The number of amides is 1. The van der Waals surface area contributed by atoms with Gasteiger partial charge in [0.2, 0.25) is 0 Å². The fourth-order valence-corrected chi connectivity index (χ4v) is 4.21. The number of ether oxygens (including phenoxy) is 2. The van der Waals surface area contributed by atoms with Gasteiger partial charge in [-0.3, -0.25) is 4.79 Å². The van der Waals surface area contributed by atoms with Gasteiger partial charge in [0.05, 0.1) is 0 Å². The lowest BCUT2D eigenvalue weighted by atomic mass is 9.99. The van der Waals surface area contributed by atoms with E-state index < -0.39 is 0 Å². The van der Waals surface area contributed by atoms with Crippen molar-refractivity contribution in [2.75, 3.05) is 6.61 Å². The van der Waals surface area contributed by atoms with Gasteiger partial charge in [-0.2, -0.15) is 0 Å². The van der Waals surface area contributed by atoms with E-state index in [1.165, 1.54) is 12.1 Å². The molecule has 2 bridgehead atoms. The first-order valence-electron chi connectivity index (χ1n) is 9.20. The van der Waals surface area contributed by atoms with Gasteiger partial charge in [-0.15, -0.1) is 0 Å². The van der Waals surface area contributed by atoms with E-state index >= 15 is 0 Å². The second kappa shape index (κ2) is 7.77. The van der Waals surface area contributed by atoms with Gasteiger partial charge in [-0.1, -0.05) is 11.6 Å². The Labute approximate surface area is 162 Å². The van der Waals surface area contributed by atoms with Crippen molar-refractivity contribution in [3.63, 3.8) is 0 Å². The molecule has 2 aliphatic heterocycles. The minimum absolute atomic E-state index is 0.0117. The summed E-state index contributed by atoms with van der Waals surface area (Å²) in [6.07, 6.45) is 3.61. The summed E-state index contributed by atoms with van der Waals surface area (Å²) in [6.45, 7) is 0.0259. The smallest absolute Gasteiger partial charge is 0.261 e. The van der Waals surface area contributed by atoms with Crippen molar-refractivity contribution in [1.82, 2.24) is 4.90 Å². The van der Waals surface area contributed by atoms with Crippen LogP contribution in [-0.2, 0) is 4.79 Å². The van der Waals surface area contributed by atoms with Crippen LogP contribution in [0.2, 0.25) is 5.02 Å². The van der Waals surface area contributed by atoms with E-state index in [2.05, 4.69) is 0 Å². The highest BCUT2D eigenvalue weighted by Gasteiger charge is 2.44. The third kappa shape index (κ3) is 4.19. The number of carbonyl (C=O) groups excluding carboxylic acids is 1. The molecule has 2 aliphatic rings. The Morgan fingerprint density at radius 3 is 2.22 bits per heavy atom. The van der Waals surface area contributed by atoms with Crippen LogP contribution in [0.4, 0.5) is 4.39 Å². The first kappa shape index (κ1) is 18.1. The Hall–Kier alpha value is -2.27. The van der Waals surface area contributed by atoms with E-state index in [4.69, 9.17) is 21.1 Å². The highest BCUT2D eigenvalue weighted by atomic mass is 35.5. The van der Waals surface area contributed by atoms with E-state index in [0.717, 1.165) is 25.7 Å². The summed E-state index contributed by atoms with van der Waals surface area (Å²) in [7, 11) is 0. The second-order valence-corrected chi connectivity index (χ2v) is 7.53. The van der Waals surface area contributed by atoms with Gasteiger partial charge >= 0.3 is 0 Å². The summed E-state index contributed by atoms with van der Waals surface area (Å²) in [6, 6.07) is 13.4. The fourth-order valence-electron chi connectivity index (χ4n) is 4.09. The van der Waals surface area contributed by atoms with Crippen LogP contribution in [0.25, 0.3) is 0 Å². The summed E-state index contributed by atoms with van der Waals surface area (Å²) in [5.74, 6) is 1.04. The third-order valence-corrected chi connectivity index (χ3v) is 5.52. The SMILES string of the molecule is O=C(COc1ccc(Cl)cc1)N1C2CCC1CC(Oc1ccc(F)cc1)C2. The number of halogens is 2. The Bertz CT molecular complexity index is 782. The molecule has 27 heavy (non-hydrogen) atoms. The molecule has 0 saturated carbocycles. The van der Waals surface area contributed by atoms with Crippen LogP contribution in [0, 0.1) is 5.82 Å². The monoisotopic (exact) mass is 389 g/mol. The number of piperidine rings is 1. The summed E-state index contributed by atoms with van der Waals surface area (Å²) in [4.78, 5) is 14.7. The molecule has 2 aromatic rings. The molecule has 0 aromatic heterocycles. The van der Waals surface area contributed by atoms with Crippen molar-refractivity contribution < 1.29 is 18.7 Å². The molecular weight excluding hydrogens is 369 g/mol. The lowest BCUT2D eigenvalue weighted by molar-refractivity contribution is -0.139. The number of hydrogen-bond donors (Lipinski definition) is 0. The maximum atomic E-state index is 13.0. The molecule has 0 N–H and O–H groups in total. The fraction of sp³-hybridized carbons (Fsp3) is 0.381. The molecule has 6 heteroatoms. The van der Waals surface area contributed by atoms with Crippen molar-refractivity contribution in [3.8, 4) is 11.5 Å². The number of nitrogens with zero attached hydrogens (tertiary/aromatic N) is 1. The van der Waals surface area contributed by atoms with Gasteiger partial charge < -0.3 is 14.4 Å². The molecule has 0 radical (unpaired) electrons. The molecule has 142 valence electrons. The van der Waals surface area contributed by atoms with Crippen molar-refractivity contribution in [3.05, 3.63) is 59.4 Å². The van der Waals surface area contributed by atoms with Crippen molar-refractivity contribution in [1.29, 1.82) is 0 Å². The summed E-state index contributed by atoms with van der Waals surface area (Å²) in [5, 5.41) is 0.634. The maximum absolute atomic E-state index is 13.0. The number of carbonyl (C=O) groups is 1. The van der Waals surface area contributed by atoms with Gasteiger partial charge in [0, 0.05) is 29.9 Å². The second-order valence-electron chi connectivity index (χ2n) is 7.09. The number of fused-ring (bicyclic) bond motifs is 2. The van der Waals surface area contributed by atoms with Gasteiger partial charge in [0.1, 0.15) is 23.4 Å². The predicted octanol–water partition coefficient (Wildman–Crippen LogP) is 4.46. The molecule has 1 amide bonds. The third-order valence-electron chi connectivity index (χ3n) is 5.27. The zero-order chi connectivity index (χ0) is 18.8. The number of benzene rings is 2. The lowest BCUT2D eigenvalue weighted by Gasteiger charge is -2.38.